The third-order valence-corrected chi connectivity index (χ3v) is 7.89. The average Bonchev–Trinajstić information content (AvgIpc) is 2.99. The number of carbonyl (C=O) groups excluding carboxylic acids is 2. The molecule has 4 aromatic rings. The Bertz CT molecular complexity index is 1800. The van der Waals surface area contributed by atoms with Gasteiger partial charge >= 0.3 is 5.69 Å². The van der Waals surface area contributed by atoms with Crippen LogP contribution in [0.25, 0.3) is 5.69 Å². The number of Topliss-reactive ketones (excluding diaryl/α,β-unsaturated/α-hetero) is 1. The fourth-order valence-corrected chi connectivity index (χ4v) is 5.50. The molecule has 5 rings (SSSR count). The number of methoxy groups -OCH3 is 1. The average molecular weight is 649 g/mol. The van der Waals surface area contributed by atoms with Crippen LogP contribution in [0, 0.1) is 13.8 Å². The maximum absolute atomic E-state index is 13.4. The Hall–Kier alpha value is -4.71. The molecule has 1 fully saturated rings. The van der Waals surface area contributed by atoms with E-state index in [0.29, 0.717) is 54.7 Å². The third kappa shape index (κ3) is 6.24. The first-order valence-electron chi connectivity index (χ1n) is 13.6. The molecule has 1 aliphatic rings. The summed E-state index contributed by atoms with van der Waals surface area (Å²) in [6.45, 7) is 6.98. The van der Waals surface area contributed by atoms with Crippen molar-refractivity contribution >= 4 is 33.3 Å². The highest BCUT2D eigenvalue weighted by Gasteiger charge is 2.26. The van der Waals surface area contributed by atoms with Gasteiger partial charge in [-0.3, -0.25) is 19.4 Å². The van der Waals surface area contributed by atoms with Crippen LogP contribution in [-0.4, -0.2) is 64.6 Å². The summed E-state index contributed by atoms with van der Waals surface area (Å²) in [5.41, 5.74) is 1.45. The first-order valence-corrected chi connectivity index (χ1v) is 14.4. The second kappa shape index (κ2) is 12.3. The third-order valence-electron chi connectivity index (χ3n) is 7.27. The Morgan fingerprint density at radius 2 is 1.56 bits per heavy atom. The molecule has 0 bridgehead atoms. The predicted octanol–water partition coefficient (Wildman–Crippen LogP) is 4.27. The molecule has 0 atom stereocenters. The van der Waals surface area contributed by atoms with Gasteiger partial charge in [0.2, 0.25) is 5.69 Å². The number of nitrogens with one attached hydrogen (secondary N) is 1. The molecule has 3 aromatic carbocycles. The molecule has 12 heteroatoms. The molecule has 43 heavy (non-hydrogen) atoms. The highest BCUT2D eigenvalue weighted by Crippen LogP contribution is 2.34. The zero-order valence-electron chi connectivity index (χ0n) is 24.1. The lowest BCUT2D eigenvalue weighted by molar-refractivity contribution is 0.0736. The van der Waals surface area contributed by atoms with Gasteiger partial charge in [-0.1, -0.05) is 0 Å². The lowest BCUT2D eigenvalue weighted by Crippen LogP contribution is -2.50. The molecule has 0 saturated carbocycles. The van der Waals surface area contributed by atoms with Gasteiger partial charge in [0.1, 0.15) is 17.2 Å². The second-order valence-electron chi connectivity index (χ2n) is 10.2. The van der Waals surface area contributed by atoms with Crippen molar-refractivity contribution in [1.29, 1.82) is 0 Å². The van der Waals surface area contributed by atoms with E-state index in [0.717, 1.165) is 26.0 Å². The molecular formula is C31H30BrN5O6. The van der Waals surface area contributed by atoms with Crippen molar-refractivity contribution in [2.75, 3.05) is 38.2 Å². The van der Waals surface area contributed by atoms with Gasteiger partial charge in [-0.15, -0.1) is 0 Å². The van der Waals surface area contributed by atoms with Crippen molar-refractivity contribution in [2.45, 2.75) is 20.8 Å². The van der Waals surface area contributed by atoms with Gasteiger partial charge in [0.25, 0.3) is 11.5 Å². The molecule has 0 unspecified atom stereocenters. The Kier molecular flexibility index (Phi) is 8.49. The fourth-order valence-electron chi connectivity index (χ4n) is 4.98. The zero-order valence-corrected chi connectivity index (χ0v) is 25.7. The number of nitrogens with zero attached hydrogens (tertiary/aromatic N) is 4. The predicted molar refractivity (Wildman–Crippen MR) is 165 cm³/mol. The largest absolute Gasteiger partial charge is 0.496 e. The minimum absolute atomic E-state index is 0.00224. The van der Waals surface area contributed by atoms with E-state index < -0.39 is 17.2 Å². The van der Waals surface area contributed by atoms with Gasteiger partial charge in [-0.2, -0.15) is 9.78 Å². The zero-order chi connectivity index (χ0) is 30.8. The van der Waals surface area contributed by atoms with Crippen molar-refractivity contribution in [3.8, 4) is 22.9 Å². The smallest absolute Gasteiger partial charge is 0.349 e. The van der Waals surface area contributed by atoms with Crippen molar-refractivity contribution in [3.05, 3.63) is 102 Å². The van der Waals surface area contributed by atoms with Crippen molar-refractivity contribution in [2.24, 2.45) is 0 Å². The quantitative estimate of drug-likeness (QED) is 0.295. The maximum atomic E-state index is 13.4. The van der Waals surface area contributed by atoms with Crippen molar-refractivity contribution in [3.63, 3.8) is 0 Å². The molecule has 1 N–H and O–H groups in total. The second-order valence-corrected chi connectivity index (χ2v) is 11.1. The number of ketones is 1. The summed E-state index contributed by atoms with van der Waals surface area (Å²) in [5, 5.41) is 4.21. The number of amides is 1. The van der Waals surface area contributed by atoms with Gasteiger partial charge in [0, 0.05) is 37.4 Å². The van der Waals surface area contributed by atoms with Crippen LogP contribution >= 0.6 is 15.9 Å². The van der Waals surface area contributed by atoms with Crippen molar-refractivity contribution in [1.82, 2.24) is 19.7 Å². The van der Waals surface area contributed by atoms with E-state index in [-0.39, 0.29) is 11.5 Å². The van der Waals surface area contributed by atoms with E-state index in [1.165, 1.54) is 6.92 Å². The van der Waals surface area contributed by atoms with Gasteiger partial charge in [0.05, 0.1) is 17.3 Å². The van der Waals surface area contributed by atoms with Crippen LogP contribution in [0.1, 0.15) is 38.9 Å². The highest BCUT2D eigenvalue weighted by molar-refractivity contribution is 9.10. The van der Waals surface area contributed by atoms with E-state index in [4.69, 9.17) is 9.47 Å². The monoisotopic (exact) mass is 647 g/mol. The molecule has 222 valence electrons. The molecule has 1 aromatic heterocycles. The molecule has 0 radical (unpaired) electrons. The number of piperazine rings is 1. The van der Waals surface area contributed by atoms with Crippen LogP contribution in [0.4, 0.5) is 5.69 Å². The standard InChI is InChI=1S/C31H30BrN5O6/c1-18-15-23(16-19(2)28(18)43-24-9-10-26(42-4)25(32)17-24)37-31(41)33-29(39)27(34-37)30(40)36-13-11-35(12-14-36)22-7-5-21(6-8-22)20(3)38/h5-10,15-17H,11-14H2,1-4H3,(H,33,39,41). The maximum Gasteiger partial charge on any atom is 0.349 e. The number of H-pyrrole nitrogens is 1. The number of anilines is 1. The minimum atomic E-state index is -0.841. The SMILES string of the molecule is COc1ccc(Oc2c(C)cc(-n3nc(C(=O)N4CCN(c5ccc(C(C)=O)cc5)CC4)c(=O)[nH]c3=O)cc2C)cc1Br. The number of hydrogen-bond acceptors (Lipinski definition) is 8. The summed E-state index contributed by atoms with van der Waals surface area (Å²) < 4.78 is 13.2. The highest BCUT2D eigenvalue weighted by atomic mass is 79.9. The van der Waals surface area contributed by atoms with E-state index >= 15 is 0 Å². The van der Waals surface area contributed by atoms with Crippen LogP contribution in [0.5, 0.6) is 17.2 Å². The van der Waals surface area contributed by atoms with Crippen LogP contribution in [0.2, 0.25) is 0 Å². The van der Waals surface area contributed by atoms with Gasteiger partial charge in [-0.05, 0) is 102 Å². The van der Waals surface area contributed by atoms with Gasteiger partial charge < -0.3 is 19.3 Å². The number of halogens is 1. The van der Waals surface area contributed by atoms with E-state index in [2.05, 4.69) is 30.9 Å². The Morgan fingerprint density at radius 1 is 0.907 bits per heavy atom. The molecular weight excluding hydrogens is 618 g/mol. The lowest BCUT2D eigenvalue weighted by Gasteiger charge is -2.35. The summed E-state index contributed by atoms with van der Waals surface area (Å²) in [5.74, 6) is 1.31. The van der Waals surface area contributed by atoms with Crippen molar-refractivity contribution < 1.29 is 19.1 Å². The number of rotatable bonds is 7. The van der Waals surface area contributed by atoms with Crippen LogP contribution < -0.4 is 25.6 Å². The molecule has 2 heterocycles. The Labute approximate surface area is 255 Å². The topological polar surface area (TPSA) is 127 Å². The number of benzene rings is 3. The molecule has 0 spiro atoms. The summed E-state index contributed by atoms with van der Waals surface area (Å²) in [6, 6.07) is 16.1. The lowest BCUT2D eigenvalue weighted by atomic mass is 10.1. The number of aryl methyl sites for hydroxylation is 2. The number of hydrogen-bond donors (Lipinski definition) is 1. The van der Waals surface area contributed by atoms with Crippen LogP contribution in [0.3, 0.4) is 0 Å². The molecule has 1 amide bonds. The Morgan fingerprint density at radius 3 is 2.14 bits per heavy atom. The summed E-state index contributed by atoms with van der Waals surface area (Å²) >= 11 is 3.46. The van der Waals surface area contributed by atoms with E-state index in [9.17, 15) is 19.2 Å². The van der Waals surface area contributed by atoms with Crippen LogP contribution in [-0.2, 0) is 0 Å². The fraction of sp³-hybridized carbons (Fsp3) is 0.258. The molecule has 11 nitrogen and oxygen atoms in total. The first-order chi connectivity index (χ1) is 20.5. The molecule has 1 saturated heterocycles. The summed E-state index contributed by atoms with van der Waals surface area (Å²) in [6.07, 6.45) is 0. The first kappa shape index (κ1) is 29.8. The molecule has 0 aliphatic carbocycles. The van der Waals surface area contributed by atoms with E-state index in [1.54, 1.807) is 54.5 Å². The van der Waals surface area contributed by atoms with Gasteiger partial charge in [0.15, 0.2) is 5.78 Å². The van der Waals surface area contributed by atoms with E-state index in [1.807, 2.05) is 26.0 Å². The van der Waals surface area contributed by atoms with Gasteiger partial charge in [-0.25, -0.2) is 4.79 Å². The summed E-state index contributed by atoms with van der Waals surface area (Å²) in [7, 11) is 1.58. The number of aromatic amines is 1. The molecule has 1 aliphatic heterocycles. The van der Waals surface area contributed by atoms with Crippen LogP contribution in [0.15, 0.2) is 68.7 Å². The minimum Gasteiger partial charge on any atom is -0.496 e. The number of carbonyl (C=O) groups is 2. The summed E-state index contributed by atoms with van der Waals surface area (Å²) in [4.78, 5) is 56.3. The Balaban J connectivity index is 1.35. The normalized spacial score (nSPS) is 13.1. The number of aromatic nitrogens is 3. The number of ether oxygens (including phenoxy) is 2.